The average molecular weight is 535 g/mol. The molecule has 4 aromatic rings. The molecule has 2 aromatic heterocycles. The van der Waals surface area contributed by atoms with Crippen molar-refractivity contribution in [2.75, 3.05) is 13.1 Å². The van der Waals surface area contributed by atoms with Crippen molar-refractivity contribution in [2.45, 2.75) is 44.6 Å². The van der Waals surface area contributed by atoms with Gasteiger partial charge in [-0.3, -0.25) is 4.90 Å². The fourth-order valence-corrected chi connectivity index (χ4v) is 4.70. The Balaban J connectivity index is 1.19. The molecule has 0 aliphatic carbocycles. The van der Waals surface area contributed by atoms with Crippen molar-refractivity contribution in [1.82, 2.24) is 25.0 Å². The lowest BCUT2D eigenvalue weighted by Crippen LogP contribution is -2.33. The first-order chi connectivity index (χ1) is 18.0. The van der Waals surface area contributed by atoms with Crippen LogP contribution in [-0.4, -0.2) is 38.1 Å². The Morgan fingerprint density at radius 3 is 2.34 bits per heavy atom. The molecule has 5 rings (SSSR count). The van der Waals surface area contributed by atoms with Gasteiger partial charge in [0.05, 0.1) is 29.6 Å². The standard InChI is InChI=1S/C26H23F6N5O/c1-15-19(3-2-4-20(15)26(30,31)32)24-35-22(36-38-24)14-37-11-9-17(10-12-37)23-33-13-21(34-23)16-5-7-18(8-6-16)25(27,28)29/h2-8,13,17H,9-12,14H2,1H3,(H,33,34). The number of piperidine rings is 1. The summed E-state index contributed by atoms with van der Waals surface area (Å²) in [7, 11) is 0. The number of hydrogen-bond donors (Lipinski definition) is 1. The van der Waals surface area contributed by atoms with Crippen LogP contribution in [-0.2, 0) is 18.9 Å². The molecule has 6 nitrogen and oxygen atoms in total. The fourth-order valence-electron chi connectivity index (χ4n) is 4.70. The Bertz CT molecular complexity index is 1400. The second-order valence-corrected chi connectivity index (χ2v) is 9.30. The molecule has 1 N–H and O–H groups in total. The average Bonchev–Trinajstić information content (AvgIpc) is 3.54. The van der Waals surface area contributed by atoms with E-state index in [1.54, 1.807) is 6.20 Å². The van der Waals surface area contributed by atoms with Crippen LogP contribution in [0.5, 0.6) is 0 Å². The fraction of sp³-hybridized carbons (Fsp3) is 0.346. The summed E-state index contributed by atoms with van der Waals surface area (Å²) in [6.07, 6.45) is -5.65. The number of aromatic amines is 1. The van der Waals surface area contributed by atoms with Gasteiger partial charge >= 0.3 is 12.4 Å². The van der Waals surface area contributed by atoms with E-state index in [-0.39, 0.29) is 22.9 Å². The van der Waals surface area contributed by atoms with Gasteiger partial charge in [0.2, 0.25) is 0 Å². The molecule has 0 amide bonds. The van der Waals surface area contributed by atoms with E-state index in [0.717, 1.165) is 36.9 Å². The Morgan fingerprint density at radius 2 is 1.68 bits per heavy atom. The summed E-state index contributed by atoms with van der Waals surface area (Å²) < 4.78 is 83.4. The third kappa shape index (κ3) is 5.45. The van der Waals surface area contributed by atoms with Crippen molar-refractivity contribution in [3.05, 3.63) is 77.0 Å². The number of halogens is 6. The monoisotopic (exact) mass is 535 g/mol. The van der Waals surface area contributed by atoms with Gasteiger partial charge < -0.3 is 9.51 Å². The van der Waals surface area contributed by atoms with Gasteiger partial charge in [-0.05, 0) is 68.2 Å². The lowest BCUT2D eigenvalue weighted by molar-refractivity contribution is -0.138. The van der Waals surface area contributed by atoms with E-state index < -0.39 is 23.5 Å². The maximum Gasteiger partial charge on any atom is 0.416 e. The highest BCUT2D eigenvalue weighted by Crippen LogP contribution is 2.36. The molecule has 3 heterocycles. The molecule has 0 atom stereocenters. The third-order valence-electron chi connectivity index (χ3n) is 6.80. The summed E-state index contributed by atoms with van der Waals surface area (Å²) in [5, 5.41) is 3.96. The van der Waals surface area contributed by atoms with E-state index in [1.807, 2.05) is 0 Å². The molecule has 0 saturated carbocycles. The van der Waals surface area contributed by atoms with Crippen molar-refractivity contribution >= 4 is 0 Å². The molecule has 2 aromatic carbocycles. The number of nitrogens with one attached hydrogen (secondary N) is 1. The summed E-state index contributed by atoms with van der Waals surface area (Å²) >= 11 is 0. The summed E-state index contributed by atoms with van der Waals surface area (Å²) in [6, 6.07) is 8.79. The molecule has 38 heavy (non-hydrogen) atoms. The van der Waals surface area contributed by atoms with Gasteiger partial charge in [0.25, 0.3) is 5.89 Å². The van der Waals surface area contributed by atoms with E-state index in [2.05, 4.69) is 25.0 Å². The van der Waals surface area contributed by atoms with Crippen LogP contribution in [0, 0.1) is 6.92 Å². The molecule has 1 aliphatic rings. The predicted molar refractivity (Wildman–Crippen MR) is 126 cm³/mol. The Kier molecular flexibility index (Phi) is 6.76. The van der Waals surface area contributed by atoms with Crippen LogP contribution in [0.2, 0.25) is 0 Å². The largest absolute Gasteiger partial charge is 0.416 e. The molecule has 0 bridgehead atoms. The Labute approximate surface area is 213 Å². The van der Waals surface area contributed by atoms with E-state index in [4.69, 9.17) is 4.52 Å². The van der Waals surface area contributed by atoms with Crippen molar-refractivity contribution in [3.63, 3.8) is 0 Å². The van der Waals surface area contributed by atoms with Gasteiger partial charge in [-0.25, -0.2) is 4.98 Å². The Hall–Kier alpha value is -3.67. The van der Waals surface area contributed by atoms with Crippen LogP contribution in [0.3, 0.4) is 0 Å². The van der Waals surface area contributed by atoms with Gasteiger partial charge in [-0.1, -0.05) is 23.4 Å². The van der Waals surface area contributed by atoms with E-state index in [0.29, 0.717) is 36.7 Å². The number of imidazole rings is 1. The summed E-state index contributed by atoms with van der Waals surface area (Å²) in [5.41, 5.74) is 0.117. The van der Waals surface area contributed by atoms with Gasteiger partial charge in [-0.2, -0.15) is 31.3 Å². The van der Waals surface area contributed by atoms with E-state index in [1.165, 1.54) is 31.2 Å². The third-order valence-corrected chi connectivity index (χ3v) is 6.80. The number of nitrogens with zero attached hydrogens (tertiary/aromatic N) is 4. The van der Waals surface area contributed by atoms with Crippen molar-refractivity contribution in [3.8, 4) is 22.7 Å². The first-order valence-electron chi connectivity index (χ1n) is 11.9. The number of likely N-dealkylation sites (tertiary alicyclic amines) is 1. The number of aromatic nitrogens is 4. The highest BCUT2D eigenvalue weighted by molar-refractivity contribution is 5.61. The molecule has 0 radical (unpaired) electrons. The summed E-state index contributed by atoms with van der Waals surface area (Å²) in [5.74, 6) is 1.37. The molecular weight excluding hydrogens is 512 g/mol. The normalized spacial score (nSPS) is 15.8. The molecule has 1 saturated heterocycles. The highest BCUT2D eigenvalue weighted by atomic mass is 19.4. The zero-order valence-corrected chi connectivity index (χ0v) is 20.2. The van der Waals surface area contributed by atoms with Gasteiger partial charge in [0.15, 0.2) is 5.82 Å². The lowest BCUT2D eigenvalue weighted by Gasteiger charge is -2.30. The molecule has 0 spiro atoms. The first-order valence-corrected chi connectivity index (χ1v) is 11.9. The predicted octanol–water partition coefficient (Wildman–Crippen LogP) is 6.85. The summed E-state index contributed by atoms with van der Waals surface area (Å²) in [4.78, 5) is 14.1. The van der Waals surface area contributed by atoms with E-state index in [9.17, 15) is 26.3 Å². The topological polar surface area (TPSA) is 70.8 Å². The number of benzene rings is 2. The van der Waals surface area contributed by atoms with Crippen molar-refractivity contribution < 1.29 is 30.9 Å². The quantitative estimate of drug-likeness (QED) is 0.283. The van der Waals surface area contributed by atoms with Crippen LogP contribution in [0.4, 0.5) is 26.3 Å². The second-order valence-electron chi connectivity index (χ2n) is 9.30. The highest BCUT2D eigenvalue weighted by Gasteiger charge is 2.34. The molecule has 12 heteroatoms. The Morgan fingerprint density at radius 1 is 0.974 bits per heavy atom. The number of alkyl halides is 6. The van der Waals surface area contributed by atoms with E-state index >= 15 is 0 Å². The molecule has 200 valence electrons. The van der Waals surface area contributed by atoms with Crippen LogP contribution in [0.15, 0.2) is 53.2 Å². The lowest BCUT2D eigenvalue weighted by atomic mass is 9.96. The second kappa shape index (κ2) is 9.90. The van der Waals surface area contributed by atoms with Crippen LogP contribution in [0.1, 0.15) is 47.1 Å². The smallest absolute Gasteiger partial charge is 0.342 e. The van der Waals surface area contributed by atoms with Crippen LogP contribution < -0.4 is 0 Å². The van der Waals surface area contributed by atoms with Crippen LogP contribution in [0.25, 0.3) is 22.7 Å². The molecular formula is C26H23F6N5O. The minimum absolute atomic E-state index is 0.0325. The zero-order chi connectivity index (χ0) is 27.1. The maximum absolute atomic E-state index is 13.2. The molecule has 1 aliphatic heterocycles. The number of H-pyrrole nitrogens is 1. The molecule has 0 unspecified atom stereocenters. The number of rotatable bonds is 5. The van der Waals surface area contributed by atoms with Crippen molar-refractivity contribution in [1.29, 1.82) is 0 Å². The summed E-state index contributed by atoms with van der Waals surface area (Å²) in [6.45, 7) is 3.20. The number of hydrogen-bond acceptors (Lipinski definition) is 5. The van der Waals surface area contributed by atoms with Gasteiger partial charge in [-0.15, -0.1) is 0 Å². The minimum Gasteiger partial charge on any atom is -0.342 e. The SMILES string of the molecule is Cc1c(-c2nc(CN3CCC(c4ncc(-c5ccc(C(F)(F)F)cc5)[nH]4)CC3)no2)cccc1C(F)(F)F. The molecule has 1 fully saturated rings. The van der Waals surface area contributed by atoms with Crippen LogP contribution >= 0.6 is 0 Å². The zero-order valence-electron chi connectivity index (χ0n) is 20.2. The van der Waals surface area contributed by atoms with Crippen molar-refractivity contribution in [2.24, 2.45) is 0 Å². The van der Waals surface area contributed by atoms with Gasteiger partial charge in [0.1, 0.15) is 5.82 Å². The maximum atomic E-state index is 13.2. The van der Waals surface area contributed by atoms with Gasteiger partial charge in [0, 0.05) is 11.5 Å². The minimum atomic E-state index is -4.47. The first kappa shape index (κ1) is 26.0.